The number of nitrogens with zero attached hydrogens (tertiary/aromatic N) is 4. The first-order valence-corrected chi connectivity index (χ1v) is 7.37. The van der Waals surface area contributed by atoms with E-state index in [-0.39, 0.29) is 0 Å². The Hall–Kier alpha value is -2.65. The molecule has 0 spiro atoms. The molecule has 21 heavy (non-hydrogen) atoms. The number of pyridine rings is 1. The number of nitriles is 1. The van der Waals surface area contributed by atoms with Crippen molar-refractivity contribution < 1.29 is 4.52 Å². The molecule has 102 valence electrons. The molecule has 0 saturated heterocycles. The molecule has 0 unspecified atom stereocenters. The molecule has 0 aliphatic rings. The molecule has 1 aromatic carbocycles. The molecule has 6 heteroatoms. The average molecular weight is 294 g/mol. The highest BCUT2D eigenvalue weighted by Crippen LogP contribution is 2.23. The molecule has 2 aromatic heterocycles. The highest BCUT2D eigenvalue weighted by Gasteiger charge is 2.11. The maximum Gasteiger partial charge on any atom is 0.276 e. The fourth-order valence-corrected chi connectivity index (χ4v) is 2.18. The Kier molecular flexibility index (Phi) is 3.67. The summed E-state index contributed by atoms with van der Waals surface area (Å²) in [6.07, 6.45) is 3.50. The van der Waals surface area contributed by atoms with Gasteiger partial charge < -0.3 is 4.52 Å². The van der Waals surface area contributed by atoms with E-state index in [1.165, 1.54) is 11.1 Å². The molecule has 0 atom stereocenters. The number of rotatable bonds is 3. The second-order valence-electron chi connectivity index (χ2n) is 4.20. The summed E-state index contributed by atoms with van der Waals surface area (Å²) in [5.74, 6) is 0.854. The van der Waals surface area contributed by atoms with E-state index in [1.54, 1.807) is 23.9 Å². The monoisotopic (exact) mass is 294 g/mol. The van der Waals surface area contributed by atoms with Gasteiger partial charge in [-0.3, -0.25) is 0 Å². The van der Waals surface area contributed by atoms with Gasteiger partial charge in [-0.1, -0.05) is 5.16 Å². The molecule has 5 nitrogen and oxygen atoms in total. The molecule has 0 N–H and O–H groups in total. The standard InChI is InChI=1S/C15H10N4OS/c1-21-12-5-3-11(4-6-12)14-18-15(20-19-14)13-7-2-10(8-16)9-17-13/h2-7,9H,1H3. The molecule has 0 aliphatic carbocycles. The predicted molar refractivity (Wildman–Crippen MR) is 79.5 cm³/mol. The molecule has 3 rings (SSSR count). The van der Waals surface area contributed by atoms with E-state index in [4.69, 9.17) is 9.78 Å². The van der Waals surface area contributed by atoms with Crippen molar-refractivity contribution in [3.8, 4) is 29.0 Å². The van der Waals surface area contributed by atoms with E-state index in [1.807, 2.05) is 36.6 Å². The summed E-state index contributed by atoms with van der Waals surface area (Å²) in [5, 5.41) is 12.7. The Morgan fingerprint density at radius 3 is 2.57 bits per heavy atom. The molecule has 0 radical (unpaired) electrons. The van der Waals surface area contributed by atoms with Gasteiger partial charge in [-0.25, -0.2) is 4.98 Å². The van der Waals surface area contributed by atoms with Crippen LogP contribution in [0.1, 0.15) is 5.56 Å². The molecule has 0 amide bonds. The first-order chi connectivity index (χ1) is 10.3. The Morgan fingerprint density at radius 2 is 1.95 bits per heavy atom. The van der Waals surface area contributed by atoms with Crippen molar-refractivity contribution >= 4 is 11.8 Å². The van der Waals surface area contributed by atoms with E-state index in [2.05, 4.69) is 15.1 Å². The molecule has 2 heterocycles. The third kappa shape index (κ3) is 2.78. The minimum atomic E-state index is 0.337. The van der Waals surface area contributed by atoms with Crippen molar-refractivity contribution in [1.29, 1.82) is 5.26 Å². The lowest BCUT2D eigenvalue weighted by Crippen LogP contribution is -1.85. The third-order valence-corrected chi connectivity index (χ3v) is 3.63. The molecule has 3 aromatic rings. The molecular formula is C15H10N4OS. The van der Waals surface area contributed by atoms with Crippen molar-refractivity contribution in [1.82, 2.24) is 15.1 Å². The van der Waals surface area contributed by atoms with Crippen LogP contribution in [0.3, 0.4) is 0 Å². The number of hydrogen-bond donors (Lipinski definition) is 0. The van der Waals surface area contributed by atoms with Crippen LogP contribution in [-0.4, -0.2) is 21.4 Å². The Bertz CT molecular complexity index is 788. The SMILES string of the molecule is CSc1ccc(-c2noc(-c3ccc(C#N)cn3)n2)cc1. The smallest absolute Gasteiger partial charge is 0.276 e. The minimum Gasteiger partial charge on any atom is -0.332 e. The fraction of sp³-hybridized carbons (Fsp3) is 0.0667. The van der Waals surface area contributed by atoms with Gasteiger partial charge in [0.1, 0.15) is 11.8 Å². The summed E-state index contributed by atoms with van der Waals surface area (Å²) in [4.78, 5) is 9.64. The number of aromatic nitrogens is 3. The van der Waals surface area contributed by atoms with Gasteiger partial charge in [0.05, 0.1) is 5.56 Å². The van der Waals surface area contributed by atoms with Crippen molar-refractivity contribution in [2.45, 2.75) is 4.90 Å². The fourth-order valence-electron chi connectivity index (χ4n) is 1.77. The summed E-state index contributed by atoms with van der Waals surface area (Å²) < 4.78 is 5.22. The van der Waals surface area contributed by atoms with Crippen LogP contribution < -0.4 is 0 Å². The van der Waals surface area contributed by atoms with Crippen molar-refractivity contribution in [2.24, 2.45) is 0 Å². The van der Waals surface area contributed by atoms with Gasteiger partial charge in [0, 0.05) is 16.7 Å². The van der Waals surface area contributed by atoms with Gasteiger partial charge in [0.25, 0.3) is 5.89 Å². The lowest BCUT2D eigenvalue weighted by Gasteiger charge is -1.96. The Morgan fingerprint density at radius 1 is 1.14 bits per heavy atom. The second kappa shape index (κ2) is 5.77. The predicted octanol–water partition coefficient (Wildman–Crippen LogP) is 3.39. The van der Waals surface area contributed by atoms with E-state index >= 15 is 0 Å². The van der Waals surface area contributed by atoms with Crippen LogP contribution in [0.5, 0.6) is 0 Å². The van der Waals surface area contributed by atoms with E-state index in [0.717, 1.165) is 5.56 Å². The van der Waals surface area contributed by atoms with Gasteiger partial charge in [-0.15, -0.1) is 11.8 Å². The maximum atomic E-state index is 8.75. The van der Waals surface area contributed by atoms with Crippen LogP contribution in [-0.2, 0) is 0 Å². The quantitative estimate of drug-likeness (QED) is 0.689. The average Bonchev–Trinajstić information content (AvgIpc) is 3.05. The lowest BCUT2D eigenvalue weighted by atomic mass is 10.2. The van der Waals surface area contributed by atoms with Crippen LogP contribution in [0.15, 0.2) is 52.0 Å². The van der Waals surface area contributed by atoms with Crippen molar-refractivity contribution in [3.05, 3.63) is 48.2 Å². The highest BCUT2D eigenvalue weighted by atomic mass is 32.2. The van der Waals surface area contributed by atoms with Crippen LogP contribution in [0.25, 0.3) is 23.0 Å². The summed E-state index contributed by atoms with van der Waals surface area (Å²) in [5.41, 5.74) is 1.93. The molecule has 0 bridgehead atoms. The third-order valence-electron chi connectivity index (χ3n) is 2.89. The molecule has 0 saturated carbocycles. The van der Waals surface area contributed by atoms with Crippen molar-refractivity contribution in [2.75, 3.05) is 6.26 Å². The Balaban J connectivity index is 1.89. The molecule has 0 fully saturated rings. The minimum absolute atomic E-state index is 0.337. The zero-order valence-electron chi connectivity index (χ0n) is 11.1. The van der Waals surface area contributed by atoms with Crippen LogP contribution in [0.4, 0.5) is 0 Å². The maximum absolute atomic E-state index is 8.75. The summed E-state index contributed by atoms with van der Waals surface area (Å²) in [6.45, 7) is 0. The largest absolute Gasteiger partial charge is 0.332 e. The number of thioether (sulfide) groups is 1. The highest BCUT2D eigenvalue weighted by molar-refractivity contribution is 7.98. The van der Waals surface area contributed by atoms with E-state index < -0.39 is 0 Å². The molecular weight excluding hydrogens is 284 g/mol. The normalized spacial score (nSPS) is 10.3. The zero-order valence-corrected chi connectivity index (χ0v) is 12.0. The molecule has 0 aliphatic heterocycles. The first-order valence-electron chi connectivity index (χ1n) is 6.15. The zero-order chi connectivity index (χ0) is 14.7. The van der Waals surface area contributed by atoms with E-state index in [0.29, 0.717) is 23.0 Å². The summed E-state index contributed by atoms with van der Waals surface area (Å²) in [7, 11) is 0. The van der Waals surface area contributed by atoms with Crippen molar-refractivity contribution in [3.63, 3.8) is 0 Å². The first kappa shape index (κ1) is 13.3. The lowest BCUT2D eigenvalue weighted by molar-refractivity contribution is 0.431. The summed E-state index contributed by atoms with van der Waals surface area (Å²) in [6, 6.07) is 13.3. The Labute approximate surface area is 125 Å². The van der Waals surface area contributed by atoms with Crippen LogP contribution >= 0.6 is 11.8 Å². The second-order valence-corrected chi connectivity index (χ2v) is 5.08. The number of benzene rings is 1. The number of hydrogen-bond acceptors (Lipinski definition) is 6. The summed E-state index contributed by atoms with van der Waals surface area (Å²) >= 11 is 1.68. The van der Waals surface area contributed by atoms with E-state index in [9.17, 15) is 0 Å². The van der Waals surface area contributed by atoms with Gasteiger partial charge in [-0.2, -0.15) is 10.2 Å². The topological polar surface area (TPSA) is 75.6 Å². The van der Waals surface area contributed by atoms with Crippen LogP contribution in [0.2, 0.25) is 0 Å². The van der Waals surface area contributed by atoms with Gasteiger partial charge in [-0.05, 0) is 42.7 Å². The van der Waals surface area contributed by atoms with Gasteiger partial charge in [0.15, 0.2) is 0 Å². The van der Waals surface area contributed by atoms with Crippen LogP contribution in [0, 0.1) is 11.3 Å². The van der Waals surface area contributed by atoms with Gasteiger partial charge in [0.2, 0.25) is 5.82 Å². The van der Waals surface area contributed by atoms with Gasteiger partial charge >= 0.3 is 0 Å².